The number of hydrogen-bond acceptors (Lipinski definition) is 7. The molecule has 0 heterocycles. The molecule has 0 amide bonds. The molecule has 6 nitrogen and oxygen atoms in total. The van der Waals surface area contributed by atoms with Crippen molar-refractivity contribution in [1.29, 1.82) is 0 Å². The van der Waals surface area contributed by atoms with Crippen LogP contribution in [0, 0.1) is 0 Å². The van der Waals surface area contributed by atoms with Gasteiger partial charge in [-0.25, -0.2) is 0 Å². The van der Waals surface area contributed by atoms with Crippen LogP contribution in [0.4, 0.5) is 0 Å². The van der Waals surface area contributed by atoms with Crippen molar-refractivity contribution in [3.05, 3.63) is 35.4 Å². The van der Waals surface area contributed by atoms with E-state index < -0.39 is 0 Å². The Morgan fingerprint density at radius 3 is 1.75 bits per heavy atom. The van der Waals surface area contributed by atoms with E-state index in [2.05, 4.69) is 13.0 Å². The fourth-order valence-electron chi connectivity index (χ4n) is 4.27. The van der Waals surface area contributed by atoms with E-state index >= 15 is 0 Å². The van der Waals surface area contributed by atoms with Gasteiger partial charge >= 0.3 is 0 Å². The van der Waals surface area contributed by atoms with Crippen LogP contribution in [-0.4, -0.2) is 47.1 Å². The average Bonchev–Trinajstić information content (AvgIpc) is 3.22. The molecule has 1 aliphatic carbocycles. The summed E-state index contributed by atoms with van der Waals surface area (Å²) in [6.07, 6.45) is 4.45. The highest BCUT2D eigenvalue weighted by Crippen LogP contribution is 2.48. The summed E-state index contributed by atoms with van der Waals surface area (Å²) in [5, 5.41) is 0. The zero-order valence-electron chi connectivity index (χ0n) is 19.7. The van der Waals surface area contributed by atoms with E-state index in [4.69, 9.17) is 23.7 Å². The third-order valence-electron chi connectivity index (χ3n) is 5.86. The largest absolute Gasteiger partial charge is 0.493 e. The summed E-state index contributed by atoms with van der Waals surface area (Å²) < 4.78 is 27.9. The first-order valence-electron chi connectivity index (χ1n) is 10.7. The Labute approximate surface area is 194 Å². The van der Waals surface area contributed by atoms with E-state index in [1.807, 2.05) is 24.5 Å². The van der Waals surface area contributed by atoms with Gasteiger partial charge in [0.15, 0.2) is 23.0 Å². The quantitative estimate of drug-likeness (QED) is 0.436. The molecule has 1 aliphatic rings. The molecular weight excluding hydrogens is 428 g/mol. The van der Waals surface area contributed by atoms with Crippen LogP contribution in [0.5, 0.6) is 28.7 Å². The lowest BCUT2D eigenvalue weighted by Crippen LogP contribution is -2.12. The minimum absolute atomic E-state index is 0.190. The third kappa shape index (κ3) is 4.63. The summed E-state index contributed by atoms with van der Waals surface area (Å²) in [7, 11) is 6.37. The average molecular weight is 461 g/mol. The van der Waals surface area contributed by atoms with Crippen molar-refractivity contribution in [2.45, 2.75) is 42.9 Å². The maximum atomic E-state index is 13.5. The van der Waals surface area contributed by atoms with Crippen molar-refractivity contribution in [1.82, 2.24) is 0 Å². The number of thioether (sulfide) groups is 1. The van der Waals surface area contributed by atoms with Crippen LogP contribution in [-0.2, 0) is 4.79 Å². The van der Waals surface area contributed by atoms with Gasteiger partial charge in [-0.2, -0.15) is 0 Å². The Bertz CT molecular complexity index is 907. The number of benzene rings is 2. The van der Waals surface area contributed by atoms with E-state index in [0.717, 1.165) is 41.0 Å². The summed E-state index contributed by atoms with van der Waals surface area (Å²) in [5.74, 6) is 2.83. The molecule has 2 aromatic carbocycles. The first kappa shape index (κ1) is 24.1. The van der Waals surface area contributed by atoms with Crippen molar-refractivity contribution < 1.29 is 28.5 Å². The molecule has 0 bridgehead atoms. The molecule has 2 atom stereocenters. The summed E-state index contributed by atoms with van der Waals surface area (Å²) in [4.78, 5) is 14.5. The second-order valence-electron chi connectivity index (χ2n) is 7.65. The Morgan fingerprint density at radius 1 is 0.812 bits per heavy atom. The monoisotopic (exact) mass is 460 g/mol. The van der Waals surface area contributed by atoms with Gasteiger partial charge in [-0.3, -0.25) is 4.79 Å². The summed E-state index contributed by atoms with van der Waals surface area (Å²) >= 11 is 1.60. The number of hydrogen-bond donors (Lipinski definition) is 0. The zero-order chi connectivity index (χ0) is 23.3. The Hall–Kier alpha value is -2.54. The molecule has 0 N–H and O–H groups in total. The molecule has 0 aliphatic heterocycles. The molecule has 0 aromatic heterocycles. The van der Waals surface area contributed by atoms with E-state index in [0.29, 0.717) is 29.6 Å². The highest BCUT2D eigenvalue weighted by molar-refractivity contribution is 7.98. The van der Waals surface area contributed by atoms with Crippen molar-refractivity contribution >= 4 is 17.5 Å². The predicted octanol–water partition coefficient (Wildman–Crippen LogP) is 5.46. The summed E-state index contributed by atoms with van der Waals surface area (Å²) in [6.45, 7) is 2.69. The van der Waals surface area contributed by atoms with Crippen molar-refractivity contribution in [3.63, 3.8) is 0 Å². The van der Waals surface area contributed by atoms with Gasteiger partial charge in [0.05, 0.1) is 39.9 Å². The standard InChI is InChI=1S/C25H32O6S/c1-7-10-31-25-21(29-4)13-16(14-22(25)32-6)18-9-8-17(23(18)26)15-11-19(27-2)24(30-5)20(12-15)28-3/h11-14,17-18H,7-10H2,1-6H3. The molecule has 0 radical (unpaired) electrons. The van der Waals surface area contributed by atoms with Crippen LogP contribution in [0.2, 0.25) is 0 Å². The normalized spacial score (nSPS) is 17.9. The fraction of sp³-hybridized carbons (Fsp3) is 0.480. The molecule has 32 heavy (non-hydrogen) atoms. The third-order valence-corrected chi connectivity index (χ3v) is 6.60. The van der Waals surface area contributed by atoms with E-state index in [-0.39, 0.29) is 17.6 Å². The molecule has 174 valence electrons. The van der Waals surface area contributed by atoms with Crippen LogP contribution >= 0.6 is 11.8 Å². The Morgan fingerprint density at radius 2 is 1.31 bits per heavy atom. The molecule has 2 unspecified atom stereocenters. The van der Waals surface area contributed by atoms with Crippen LogP contribution in [0.15, 0.2) is 29.2 Å². The van der Waals surface area contributed by atoms with Gasteiger partial charge in [-0.05, 0) is 60.9 Å². The number of ketones is 1. The molecule has 3 rings (SSSR count). The highest BCUT2D eigenvalue weighted by Gasteiger charge is 2.37. The van der Waals surface area contributed by atoms with E-state index in [1.165, 1.54) is 0 Å². The first-order chi connectivity index (χ1) is 15.5. The van der Waals surface area contributed by atoms with Gasteiger partial charge in [-0.15, -0.1) is 11.8 Å². The fourth-order valence-corrected chi connectivity index (χ4v) is 4.87. The number of ether oxygens (including phenoxy) is 5. The van der Waals surface area contributed by atoms with Crippen LogP contribution in [0.25, 0.3) is 0 Å². The zero-order valence-corrected chi connectivity index (χ0v) is 20.5. The van der Waals surface area contributed by atoms with Gasteiger partial charge in [0.2, 0.25) is 5.75 Å². The topological polar surface area (TPSA) is 63.2 Å². The minimum atomic E-state index is -0.228. The lowest BCUT2D eigenvalue weighted by Gasteiger charge is -2.19. The maximum Gasteiger partial charge on any atom is 0.203 e. The molecule has 7 heteroatoms. The predicted molar refractivity (Wildman–Crippen MR) is 126 cm³/mol. The lowest BCUT2D eigenvalue weighted by atomic mass is 9.91. The molecule has 0 spiro atoms. The van der Waals surface area contributed by atoms with Gasteiger partial charge in [0, 0.05) is 11.8 Å². The van der Waals surface area contributed by atoms with Gasteiger partial charge in [0.1, 0.15) is 5.78 Å². The molecular formula is C25H32O6S. The van der Waals surface area contributed by atoms with Crippen LogP contribution in [0.1, 0.15) is 49.1 Å². The van der Waals surface area contributed by atoms with Crippen LogP contribution in [0.3, 0.4) is 0 Å². The SMILES string of the molecule is CCCOc1c(OC)cc(C2CCC(c3cc(OC)c(OC)c(OC)c3)C2=O)cc1SC. The molecule has 0 saturated heterocycles. The number of carbonyl (C=O) groups excluding carboxylic acids is 1. The van der Waals surface area contributed by atoms with Crippen LogP contribution < -0.4 is 23.7 Å². The summed E-state index contributed by atoms with van der Waals surface area (Å²) in [5.41, 5.74) is 1.85. The smallest absolute Gasteiger partial charge is 0.203 e. The number of methoxy groups -OCH3 is 4. The van der Waals surface area contributed by atoms with Crippen molar-refractivity contribution in [2.24, 2.45) is 0 Å². The van der Waals surface area contributed by atoms with E-state index in [9.17, 15) is 4.79 Å². The molecule has 2 aromatic rings. The number of rotatable bonds is 10. The summed E-state index contributed by atoms with van der Waals surface area (Å²) in [6, 6.07) is 7.77. The number of Topliss-reactive ketones (excluding diaryl/α,β-unsaturated/α-hetero) is 1. The first-order valence-corrected chi connectivity index (χ1v) is 12.0. The number of carbonyl (C=O) groups is 1. The highest BCUT2D eigenvalue weighted by atomic mass is 32.2. The maximum absolute atomic E-state index is 13.5. The lowest BCUT2D eigenvalue weighted by molar-refractivity contribution is -0.119. The second kappa shape index (κ2) is 10.9. The van der Waals surface area contributed by atoms with Gasteiger partial charge < -0.3 is 23.7 Å². The van der Waals surface area contributed by atoms with Crippen molar-refractivity contribution in [2.75, 3.05) is 41.3 Å². The Kier molecular flexibility index (Phi) is 8.18. The molecule has 1 fully saturated rings. The van der Waals surface area contributed by atoms with Gasteiger partial charge in [0.25, 0.3) is 0 Å². The van der Waals surface area contributed by atoms with E-state index in [1.54, 1.807) is 40.2 Å². The Balaban J connectivity index is 1.95. The minimum Gasteiger partial charge on any atom is -0.493 e. The molecule has 1 saturated carbocycles. The second-order valence-corrected chi connectivity index (χ2v) is 8.49. The van der Waals surface area contributed by atoms with Gasteiger partial charge in [-0.1, -0.05) is 6.92 Å². The van der Waals surface area contributed by atoms with Crippen molar-refractivity contribution in [3.8, 4) is 28.7 Å².